The molecule has 0 aliphatic heterocycles. The van der Waals surface area contributed by atoms with Gasteiger partial charge in [0.05, 0.1) is 29.6 Å². The second-order valence-electron chi connectivity index (χ2n) is 3.19. The van der Waals surface area contributed by atoms with Crippen LogP contribution in [0.1, 0.15) is 12.5 Å². The molecule has 4 nitrogen and oxygen atoms in total. The molecule has 0 atom stereocenters. The van der Waals surface area contributed by atoms with Crippen molar-refractivity contribution in [3.8, 4) is 6.07 Å². The van der Waals surface area contributed by atoms with E-state index in [2.05, 4.69) is 6.07 Å². The molecular weight excluding hydrogens is 190 g/mol. The van der Waals surface area contributed by atoms with Crippen LogP contribution in [0.4, 0.5) is 11.4 Å². The van der Waals surface area contributed by atoms with E-state index in [4.69, 9.17) is 16.1 Å². The van der Waals surface area contributed by atoms with Crippen LogP contribution < -0.4 is 10.6 Å². The first kappa shape index (κ1) is 11.3. The topological polar surface area (TPSA) is 73.3 Å². The zero-order chi connectivity index (χ0) is 11.3. The third-order valence-electron chi connectivity index (χ3n) is 2.25. The van der Waals surface area contributed by atoms with Crippen LogP contribution >= 0.6 is 0 Å². The quantitative estimate of drug-likeness (QED) is 0.718. The first-order valence-electron chi connectivity index (χ1n) is 4.88. The van der Waals surface area contributed by atoms with Crippen LogP contribution in [0.3, 0.4) is 0 Å². The van der Waals surface area contributed by atoms with Gasteiger partial charge in [0.25, 0.3) is 0 Å². The Kier molecular flexibility index (Phi) is 3.95. The summed E-state index contributed by atoms with van der Waals surface area (Å²) in [5, 5.41) is 17.7. The number of hydrogen-bond donors (Lipinski definition) is 2. The summed E-state index contributed by atoms with van der Waals surface area (Å²) in [4.78, 5) is 1.94. The maximum absolute atomic E-state index is 8.90. The van der Waals surface area contributed by atoms with Gasteiger partial charge in [-0.05, 0) is 25.1 Å². The second kappa shape index (κ2) is 5.23. The normalized spacial score (nSPS) is 9.67. The fourth-order valence-electron chi connectivity index (χ4n) is 1.46. The number of likely N-dealkylation sites (N-methyl/N-ethyl adjacent to an activating group) is 1. The van der Waals surface area contributed by atoms with Crippen molar-refractivity contribution in [2.75, 3.05) is 30.3 Å². The lowest BCUT2D eigenvalue weighted by Crippen LogP contribution is -2.27. The molecule has 0 radical (unpaired) electrons. The van der Waals surface area contributed by atoms with Gasteiger partial charge in [0.1, 0.15) is 0 Å². The van der Waals surface area contributed by atoms with Gasteiger partial charge >= 0.3 is 0 Å². The van der Waals surface area contributed by atoms with Gasteiger partial charge in [0.15, 0.2) is 0 Å². The average molecular weight is 205 g/mol. The van der Waals surface area contributed by atoms with Gasteiger partial charge in [-0.25, -0.2) is 0 Å². The molecule has 15 heavy (non-hydrogen) atoms. The summed E-state index contributed by atoms with van der Waals surface area (Å²) >= 11 is 0. The number of hydrogen-bond acceptors (Lipinski definition) is 4. The van der Waals surface area contributed by atoms with Gasteiger partial charge in [-0.2, -0.15) is 5.26 Å². The van der Waals surface area contributed by atoms with Crippen molar-refractivity contribution in [2.45, 2.75) is 6.92 Å². The van der Waals surface area contributed by atoms with E-state index in [1.54, 1.807) is 18.2 Å². The van der Waals surface area contributed by atoms with E-state index < -0.39 is 0 Å². The van der Waals surface area contributed by atoms with Crippen LogP contribution in [0.2, 0.25) is 0 Å². The van der Waals surface area contributed by atoms with Gasteiger partial charge in [0, 0.05) is 13.1 Å². The predicted octanol–water partition coefficient (Wildman–Crippen LogP) is 0.959. The first-order chi connectivity index (χ1) is 7.22. The van der Waals surface area contributed by atoms with Crippen LogP contribution in [0.25, 0.3) is 0 Å². The summed E-state index contributed by atoms with van der Waals surface area (Å²) in [5.74, 6) is 0. The zero-order valence-corrected chi connectivity index (χ0v) is 8.77. The minimum Gasteiger partial charge on any atom is -0.397 e. The third-order valence-corrected chi connectivity index (χ3v) is 2.25. The van der Waals surface area contributed by atoms with E-state index in [9.17, 15) is 0 Å². The van der Waals surface area contributed by atoms with Crippen molar-refractivity contribution < 1.29 is 5.11 Å². The maximum Gasteiger partial charge on any atom is 0.0992 e. The number of nitrogens with zero attached hydrogens (tertiary/aromatic N) is 2. The molecule has 0 heterocycles. The molecule has 1 aromatic carbocycles. The Morgan fingerprint density at radius 1 is 1.53 bits per heavy atom. The Hall–Kier alpha value is -1.73. The fourth-order valence-corrected chi connectivity index (χ4v) is 1.46. The molecular formula is C11H15N3O. The number of nitrogen functional groups attached to an aromatic ring is 1. The first-order valence-corrected chi connectivity index (χ1v) is 4.88. The van der Waals surface area contributed by atoms with Crippen LogP contribution in [-0.2, 0) is 0 Å². The molecule has 0 fully saturated rings. The SMILES string of the molecule is CCN(CCO)c1cc(C#N)ccc1N. The molecule has 0 aliphatic carbocycles. The Labute approximate surface area is 89.5 Å². The highest BCUT2D eigenvalue weighted by atomic mass is 16.3. The summed E-state index contributed by atoms with van der Waals surface area (Å²) in [6.07, 6.45) is 0. The minimum absolute atomic E-state index is 0.0735. The molecule has 0 bridgehead atoms. The standard InChI is InChI=1S/C11H15N3O/c1-2-14(5-6-15)11-7-9(8-12)3-4-10(11)13/h3-4,7,15H,2,5-6,13H2,1H3. The number of nitriles is 1. The van der Waals surface area contributed by atoms with E-state index in [0.29, 0.717) is 17.8 Å². The van der Waals surface area contributed by atoms with E-state index in [-0.39, 0.29) is 6.61 Å². The number of anilines is 2. The van der Waals surface area contributed by atoms with Crippen molar-refractivity contribution in [1.29, 1.82) is 5.26 Å². The predicted molar refractivity (Wildman–Crippen MR) is 60.5 cm³/mol. The molecule has 0 saturated carbocycles. The van der Waals surface area contributed by atoms with E-state index >= 15 is 0 Å². The molecule has 80 valence electrons. The zero-order valence-electron chi connectivity index (χ0n) is 8.77. The molecule has 0 unspecified atom stereocenters. The largest absolute Gasteiger partial charge is 0.397 e. The number of nitrogens with two attached hydrogens (primary N) is 1. The summed E-state index contributed by atoms with van der Waals surface area (Å²) in [6.45, 7) is 3.33. The lowest BCUT2D eigenvalue weighted by atomic mass is 10.1. The minimum atomic E-state index is 0.0735. The van der Waals surface area contributed by atoms with E-state index in [0.717, 1.165) is 12.2 Å². The monoisotopic (exact) mass is 205 g/mol. The Balaban J connectivity index is 3.05. The van der Waals surface area contributed by atoms with Crippen molar-refractivity contribution in [2.24, 2.45) is 0 Å². The Bertz CT molecular complexity index is 371. The molecule has 0 saturated heterocycles. The van der Waals surface area contributed by atoms with E-state index in [1.807, 2.05) is 11.8 Å². The molecule has 1 aromatic rings. The molecule has 1 rings (SSSR count). The van der Waals surface area contributed by atoms with Crippen molar-refractivity contribution in [3.63, 3.8) is 0 Å². The van der Waals surface area contributed by atoms with Gasteiger partial charge in [0.2, 0.25) is 0 Å². The van der Waals surface area contributed by atoms with Crippen molar-refractivity contribution >= 4 is 11.4 Å². The number of benzene rings is 1. The Morgan fingerprint density at radius 3 is 2.80 bits per heavy atom. The number of aliphatic hydroxyl groups is 1. The van der Waals surface area contributed by atoms with Crippen LogP contribution in [-0.4, -0.2) is 24.8 Å². The van der Waals surface area contributed by atoms with Gasteiger partial charge in [-0.3, -0.25) is 0 Å². The van der Waals surface area contributed by atoms with Gasteiger partial charge < -0.3 is 15.7 Å². The molecule has 0 amide bonds. The fraction of sp³-hybridized carbons (Fsp3) is 0.364. The van der Waals surface area contributed by atoms with Crippen LogP contribution in [0.15, 0.2) is 18.2 Å². The van der Waals surface area contributed by atoms with Crippen molar-refractivity contribution in [1.82, 2.24) is 0 Å². The maximum atomic E-state index is 8.90. The highest BCUT2D eigenvalue weighted by Gasteiger charge is 2.08. The van der Waals surface area contributed by atoms with E-state index in [1.165, 1.54) is 0 Å². The molecule has 0 aromatic heterocycles. The van der Waals surface area contributed by atoms with Crippen LogP contribution in [0.5, 0.6) is 0 Å². The second-order valence-corrected chi connectivity index (χ2v) is 3.19. The molecule has 0 spiro atoms. The van der Waals surface area contributed by atoms with Gasteiger partial charge in [-0.1, -0.05) is 0 Å². The Morgan fingerprint density at radius 2 is 2.27 bits per heavy atom. The summed E-state index contributed by atoms with van der Waals surface area (Å²) in [5.41, 5.74) is 7.84. The summed E-state index contributed by atoms with van der Waals surface area (Å²) in [7, 11) is 0. The lowest BCUT2D eigenvalue weighted by Gasteiger charge is -2.23. The highest BCUT2D eigenvalue weighted by Crippen LogP contribution is 2.23. The van der Waals surface area contributed by atoms with Crippen molar-refractivity contribution in [3.05, 3.63) is 23.8 Å². The smallest absolute Gasteiger partial charge is 0.0992 e. The summed E-state index contributed by atoms with van der Waals surface area (Å²) in [6, 6.07) is 7.22. The molecule has 4 heteroatoms. The number of rotatable bonds is 4. The summed E-state index contributed by atoms with van der Waals surface area (Å²) < 4.78 is 0. The van der Waals surface area contributed by atoms with Gasteiger partial charge in [-0.15, -0.1) is 0 Å². The number of aliphatic hydroxyl groups excluding tert-OH is 1. The molecule has 3 N–H and O–H groups in total. The highest BCUT2D eigenvalue weighted by molar-refractivity contribution is 5.69. The average Bonchev–Trinajstić information content (AvgIpc) is 2.27. The lowest BCUT2D eigenvalue weighted by molar-refractivity contribution is 0.302. The molecule has 0 aliphatic rings. The third kappa shape index (κ3) is 2.61. The van der Waals surface area contributed by atoms with Crippen LogP contribution in [0, 0.1) is 11.3 Å².